The highest BCUT2D eigenvalue weighted by molar-refractivity contribution is 7.46. The smallest absolute Gasteiger partial charge is 0.249 e. The maximum absolute atomic E-state index is 12.3. The summed E-state index contributed by atoms with van der Waals surface area (Å²) in [5.74, 6) is -0.250. The number of carbonyl (C=O) groups excluding carboxylic acids is 2. The van der Waals surface area contributed by atoms with E-state index >= 15 is 0 Å². The minimum Gasteiger partial charge on any atom is -0.354 e. The van der Waals surface area contributed by atoms with Crippen molar-refractivity contribution in [2.24, 2.45) is 0 Å². The molecular weight excluding hydrogens is 330 g/mol. The van der Waals surface area contributed by atoms with Crippen molar-refractivity contribution in [3.8, 4) is 6.07 Å². The number of nitrogens with zero attached hydrogens (tertiary/aromatic N) is 2. The fourth-order valence-corrected chi connectivity index (χ4v) is 3.24. The average molecular weight is 358 g/mol. The first kappa shape index (κ1) is 20.8. The van der Waals surface area contributed by atoms with E-state index in [4.69, 9.17) is 14.3 Å². The number of hydrogen-bond donors (Lipinski definition) is 1. The third kappa shape index (κ3) is 7.57. The lowest BCUT2D eigenvalue weighted by Gasteiger charge is -2.24. The van der Waals surface area contributed by atoms with Crippen LogP contribution in [0.3, 0.4) is 0 Å². The number of hydrogen-bond acceptors (Lipinski definition) is 5. The molecule has 0 aromatic rings. The molecule has 136 valence electrons. The molecule has 1 fully saturated rings. The molecule has 1 saturated heterocycles. The third-order valence-electron chi connectivity index (χ3n) is 3.81. The van der Waals surface area contributed by atoms with Crippen molar-refractivity contribution < 1.29 is 18.6 Å². The lowest BCUT2D eigenvalue weighted by atomic mass is 10.2. The fraction of sp³-hybridized carbons (Fsp3) is 0.812. The van der Waals surface area contributed by atoms with E-state index < -0.39 is 8.38 Å². The van der Waals surface area contributed by atoms with Crippen LogP contribution in [0.15, 0.2) is 0 Å². The van der Waals surface area contributed by atoms with Crippen molar-refractivity contribution in [1.29, 1.82) is 5.26 Å². The molecule has 24 heavy (non-hydrogen) atoms. The SMILES string of the molecule is CCCCCN[13C](=O)C1CCCN1C(=O)COP(C)OCCC#N. The lowest BCUT2D eigenvalue weighted by Crippen LogP contribution is -2.47. The van der Waals surface area contributed by atoms with Crippen LogP contribution < -0.4 is 5.32 Å². The highest BCUT2D eigenvalue weighted by atomic mass is 31.2. The molecule has 0 bridgehead atoms. The van der Waals surface area contributed by atoms with E-state index in [0.717, 1.165) is 25.7 Å². The van der Waals surface area contributed by atoms with Crippen LogP contribution in [-0.4, -0.2) is 55.7 Å². The van der Waals surface area contributed by atoms with Crippen molar-refractivity contribution in [2.45, 2.75) is 51.5 Å². The Labute approximate surface area is 145 Å². The number of unbranched alkanes of at least 4 members (excludes halogenated alkanes) is 2. The highest BCUT2D eigenvalue weighted by Crippen LogP contribution is 2.33. The standard InChI is InChI=1S/C16H28N3O4P/c1-3-4-5-10-18-16(21)14-8-6-11-19(14)15(20)13-23-24(2)22-12-7-9-17/h14H,3-8,10-13H2,1-2H3,(H,18,21)/i16+1. The van der Waals surface area contributed by atoms with Gasteiger partial charge in [0.15, 0.2) is 8.38 Å². The Morgan fingerprint density at radius 3 is 2.88 bits per heavy atom. The van der Waals surface area contributed by atoms with Gasteiger partial charge in [-0.15, -0.1) is 0 Å². The fourth-order valence-electron chi connectivity index (χ4n) is 2.53. The monoisotopic (exact) mass is 358 g/mol. The van der Waals surface area contributed by atoms with Crippen LogP contribution in [0, 0.1) is 11.3 Å². The predicted octanol–water partition coefficient (Wildman–Crippen LogP) is 2.17. The number of amides is 2. The minimum absolute atomic E-state index is 0.0685. The molecule has 0 aromatic carbocycles. The molecule has 0 radical (unpaired) electrons. The van der Waals surface area contributed by atoms with Crippen molar-refractivity contribution in [1.82, 2.24) is 10.2 Å². The molecule has 0 aliphatic carbocycles. The summed E-state index contributed by atoms with van der Waals surface area (Å²) >= 11 is 0. The Morgan fingerprint density at radius 1 is 1.38 bits per heavy atom. The van der Waals surface area contributed by atoms with E-state index in [9.17, 15) is 9.59 Å². The first-order valence-corrected chi connectivity index (χ1v) is 10.2. The van der Waals surface area contributed by atoms with E-state index in [1.54, 1.807) is 11.6 Å². The van der Waals surface area contributed by atoms with Crippen LogP contribution in [0.4, 0.5) is 0 Å². The van der Waals surface area contributed by atoms with Gasteiger partial charge < -0.3 is 19.3 Å². The van der Waals surface area contributed by atoms with Gasteiger partial charge in [0, 0.05) is 19.8 Å². The van der Waals surface area contributed by atoms with E-state index in [2.05, 4.69) is 12.2 Å². The van der Waals surface area contributed by atoms with Crippen LogP contribution >= 0.6 is 8.38 Å². The highest BCUT2D eigenvalue weighted by Gasteiger charge is 2.33. The van der Waals surface area contributed by atoms with E-state index in [1.807, 2.05) is 6.07 Å². The second kappa shape index (κ2) is 12.2. The van der Waals surface area contributed by atoms with Crippen molar-refractivity contribution in [2.75, 3.05) is 33.0 Å². The average Bonchev–Trinajstić information content (AvgIpc) is 3.06. The van der Waals surface area contributed by atoms with Gasteiger partial charge in [-0.2, -0.15) is 5.26 Å². The molecule has 2 amide bonds. The summed E-state index contributed by atoms with van der Waals surface area (Å²) in [4.78, 5) is 26.1. The number of carbonyl (C=O) groups is 2. The molecule has 1 heterocycles. The third-order valence-corrected chi connectivity index (χ3v) is 4.85. The maximum atomic E-state index is 12.3. The van der Waals surface area contributed by atoms with Gasteiger partial charge in [0.2, 0.25) is 11.8 Å². The topological polar surface area (TPSA) is 91.7 Å². The Balaban J connectivity index is 2.34. The minimum atomic E-state index is -1.18. The van der Waals surface area contributed by atoms with E-state index in [1.165, 1.54) is 0 Å². The number of nitriles is 1. The Kier molecular flexibility index (Phi) is 10.6. The number of nitrogens with one attached hydrogen (secondary N) is 1. The zero-order chi connectivity index (χ0) is 17.8. The molecule has 1 aliphatic heterocycles. The molecule has 0 saturated carbocycles. The van der Waals surface area contributed by atoms with Crippen molar-refractivity contribution in [3.05, 3.63) is 0 Å². The molecule has 7 nitrogen and oxygen atoms in total. The van der Waals surface area contributed by atoms with Crippen LogP contribution in [0.5, 0.6) is 0 Å². The summed E-state index contributed by atoms with van der Waals surface area (Å²) in [6.07, 6.45) is 5.00. The van der Waals surface area contributed by atoms with Gasteiger partial charge in [0.1, 0.15) is 12.6 Å². The second-order valence-corrected chi connectivity index (χ2v) is 7.09. The summed E-state index contributed by atoms with van der Waals surface area (Å²) in [7, 11) is -1.18. The second-order valence-electron chi connectivity index (χ2n) is 5.70. The van der Waals surface area contributed by atoms with Gasteiger partial charge in [-0.3, -0.25) is 9.59 Å². The summed E-state index contributed by atoms with van der Waals surface area (Å²) in [5, 5.41) is 11.4. The molecule has 1 aliphatic rings. The number of likely N-dealkylation sites (tertiary alicyclic amines) is 1. The van der Waals surface area contributed by atoms with Gasteiger partial charge >= 0.3 is 0 Å². The molecule has 0 spiro atoms. The quantitative estimate of drug-likeness (QED) is 0.347. The lowest BCUT2D eigenvalue weighted by molar-refractivity contribution is -0.139. The summed E-state index contributed by atoms with van der Waals surface area (Å²) in [6, 6.07) is 1.60. The van der Waals surface area contributed by atoms with Gasteiger partial charge in [-0.25, -0.2) is 0 Å². The molecule has 0 aromatic heterocycles. The first-order chi connectivity index (χ1) is 11.6. The molecule has 2 atom stereocenters. The predicted molar refractivity (Wildman–Crippen MR) is 92.2 cm³/mol. The van der Waals surface area contributed by atoms with Crippen LogP contribution in [0.2, 0.25) is 0 Å². The molecular formula is C16H28N3O4P. The van der Waals surface area contributed by atoms with Crippen LogP contribution in [0.25, 0.3) is 0 Å². The Hall–Kier alpha value is -1.22. The summed E-state index contributed by atoms with van der Waals surface area (Å²) in [6.45, 7) is 5.34. The van der Waals surface area contributed by atoms with Gasteiger partial charge in [0.05, 0.1) is 19.1 Å². The normalized spacial score (nSPS) is 18.2. The zero-order valence-corrected chi connectivity index (χ0v) is 15.5. The first-order valence-electron chi connectivity index (χ1n) is 8.53. The molecule has 2 unspecified atom stereocenters. The summed E-state index contributed by atoms with van der Waals surface area (Å²) in [5.41, 5.74) is 0. The summed E-state index contributed by atoms with van der Waals surface area (Å²) < 4.78 is 10.7. The largest absolute Gasteiger partial charge is 0.354 e. The Bertz CT molecular complexity index is 442. The van der Waals surface area contributed by atoms with Gasteiger partial charge in [-0.05, 0) is 19.3 Å². The maximum Gasteiger partial charge on any atom is 0.249 e. The Morgan fingerprint density at radius 2 is 2.17 bits per heavy atom. The molecule has 1 rings (SSSR count). The van der Waals surface area contributed by atoms with E-state index in [0.29, 0.717) is 32.5 Å². The van der Waals surface area contributed by atoms with Gasteiger partial charge in [0.25, 0.3) is 0 Å². The molecule has 8 heteroatoms. The van der Waals surface area contributed by atoms with Crippen molar-refractivity contribution in [3.63, 3.8) is 0 Å². The van der Waals surface area contributed by atoms with E-state index in [-0.39, 0.29) is 24.5 Å². The van der Waals surface area contributed by atoms with Crippen LogP contribution in [-0.2, 0) is 18.6 Å². The molecule has 1 N–H and O–H groups in total. The van der Waals surface area contributed by atoms with Crippen LogP contribution in [0.1, 0.15) is 45.4 Å². The number of rotatable bonds is 11. The zero-order valence-electron chi connectivity index (χ0n) is 14.6. The van der Waals surface area contributed by atoms with Crippen molar-refractivity contribution >= 4 is 20.2 Å². The van der Waals surface area contributed by atoms with Gasteiger partial charge in [-0.1, -0.05) is 19.8 Å².